The highest BCUT2D eigenvalue weighted by atomic mass is 16.5. The predicted molar refractivity (Wildman–Crippen MR) is 131 cm³/mol. The lowest BCUT2D eigenvalue weighted by Gasteiger charge is -2.23. The van der Waals surface area contributed by atoms with Gasteiger partial charge in [-0.15, -0.1) is 0 Å². The Balaban J connectivity index is 2.11. The molecule has 0 saturated carbocycles. The fourth-order valence-electron chi connectivity index (χ4n) is 4.01. The third kappa shape index (κ3) is 5.96. The van der Waals surface area contributed by atoms with Crippen LogP contribution in [-0.2, 0) is 11.3 Å². The number of ether oxygens (including phenoxy) is 1. The number of esters is 1. The molecule has 0 unspecified atom stereocenters. The van der Waals surface area contributed by atoms with Crippen LogP contribution in [0.2, 0.25) is 0 Å². The van der Waals surface area contributed by atoms with Gasteiger partial charge in [0.1, 0.15) is 5.65 Å². The fourth-order valence-corrected chi connectivity index (χ4v) is 4.01. The van der Waals surface area contributed by atoms with Gasteiger partial charge >= 0.3 is 5.97 Å². The number of hydrogen-bond donors (Lipinski definition) is 3. The number of fused-ring (bicyclic) bond motifs is 1. The second-order valence-corrected chi connectivity index (χ2v) is 9.64. The molecule has 184 valence electrons. The van der Waals surface area contributed by atoms with Crippen molar-refractivity contribution in [2.75, 3.05) is 17.7 Å². The highest BCUT2D eigenvalue weighted by Crippen LogP contribution is 2.34. The summed E-state index contributed by atoms with van der Waals surface area (Å²) < 4.78 is 12.1. The molecule has 0 aliphatic heterocycles. The summed E-state index contributed by atoms with van der Waals surface area (Å²) in [6, 6.07) is 4.98. The number of hydrogen-bond acceptors (Lipinski definition) is 7. The second-order valence-electron chi connectivity index (χ2n) is 9.64. The van der Waals surface area contributed by atoms with Crippen molar-refractivity contribution in [1.29, 1.82) is 0 Å². The summed E-state index contributed by atoms with van der Waals surface area (Å²) in [4.78, 5) is 30.3. The first kappa shape index (κ1) is 25.3. The normalized spacial score (nSPS) is 12.7. The number of rotatable bonds is 10. The van der Waals surface area contributed by atoms with Gasteiger partial charge in [0.05, 0.1) is 36.5 Å². The summed E-state index contributed by atoms with van der Waals surface area (Å²) in [6.07, 6.45) is 4.43. The Kier molecular flexibility index (Phi) is 7.66. The van der Waals surface area contributed by atoms with E-state index < -0.39 is 17.5 Å². The minimum absolute atomic E-state index is 0.0384. The number of aliphatic hydroxyl groups is 1. The Morgan fingerprint density at radius 2 is 2.03 bits per heavy atom. The molecule has 0 radical (unpaired) electrons. The fraction of sp³-hybridized carbons (Fsp3) is 0.480. The Morgan fingerprint density at radius 3 is 2.62 bits per heavy atom. The zero-order chi connectivity index (χ0) is 25.0. The largest absolute Gasteiger partial charge is 0.464 e. The number of furan rings is 1. The second kappa shape index (κ2) is 10.3. The molecular weight excluding hydrogens is 436 g/mol. The molecule has 0 bridgehead atoms. The van der Waals surface area contributed by atoms with Crippen LogP contribution in [0, 0.1) is 5.92 Å². The number of aromatic nitrogens is 2. The van der Waals surface area contributed by atoms with Crippen LogP contribution < -0.4 is 10.6 Å². The van der Waals surface area contributed by atoms with Gasteiger partial charge in [-0.3, -0.25) is 4.79 Å². The molecule has 0 aliphatic carbocycles. The van der Waals surface area contributed by atoms with Gasteiger partial charge in [-0.25, -0.2) is 9.78 Å². The number of nitrogens with zero attached hydrogens (tertiary/aromatic N) is 2. The van der Waals surface area contributed by atoms with Crippen molar-refractivity contribution < 1.29 is 23.8 Å². The number of carbonyl (C=O) groups excluding carboxylic acids is 2. The predicted octanol–water partition coefficient (Wildman–Crippen LogP) is 4.68. The standard InChI is InChI=1S/C25H34N4O5/c1-15(2)9-10-29-21(24(31)33-6)20(28-23(30)19-8-7-11-34-19)18-12-17(14-26-22(18)29)27-16(3)13-25(4,5)32/h7-8,11-12,14-16,27,32H,9-10,13H2,1-6H3,(H,28,30)/t16-/m1/s1. The summed E-state index contributed by atoms with van der Waals surface area (Å²) >= 11 is 0. The summed E-state index contributed by atoms with van der Waals surface area (Å²) in [6.45, 7) is 10.2. The zero-order valence-corrected chi connectivity index (χ0v) is 20.6. The van der Waals surface area contributed by atoms with Crippen molar-refractivity contribution in [3.8, 4) is 0 Å². The Bertz CT molecular complexity index is 1140. The third-order valence-electron chi connectivity index (χ3n) is 5.41. The van der Waals surface area contributed by atoms with Gasteiger partial charge in [-0.2, -0.15) is 0 Å². The van der Waals surface area contributed by atoms with Crippen LogP contribution in [0.5, 0.6) is 0 Å². The van der Waals surface area contributed by atoms with E-state index in [0.717, 1.165) is 6.42 Å². The average molecular weight is 471 g/mol. The summed E-state index contributed by atoms with van der Waals surface area (Å²) in [7, 11) is 1.31. The number of anilines is 2. The van der Waals surface area contributed by atoms with E-state index in [1.165, 1.54) is 13.4 Å². The lowest BCUT2D eigenvalue weighted by atomic mass is 10.0. The number of methoxy groups -OCH3 is 1. The Hall–Kier alpha value is -3.33. The van der Waals surface area contributed by atoms with Crippen LogP contribution in [0.25, 0.3) is 11.0 Å². The highest BCUT2D eigenvalue weighted by molar-refractivity contribution is 6.14. The van der Waals surface area contributed by atoms with Gasteiger partial charge in [0, 0.05) is 18.0 Å². The molecule has 3 heterocycles. The molecule has 0 aliphatic rings. The van der Waals surface area contributed by atoms with Crippen LogP contribution in [0.4, 0.5) is 11.4 Å². The van der Waals surface area contributed by atoms with E-state index in [0.29, 0.717) is 41.3 Å². The number of amides is 1. The number of pyridine rings is 1. The Morgan fingerprint density at radius 1 is 1.29 bits per heavy atom. The minimum Gasteiger partial charge on any atom is -0.464 e. The zero-order valence-electron chi connectivity index (χ0n) is 20.6. The molecule has 0 aromatic carbocycles. The van der Waals surface area contributed by atoms with Crippen molar-refractivity contribution in [1.82, 2.24) is 9.55 Å². The van der Waals surface area contributed by atoms with Crippen molar-refractivity contribution in [3.05, 3.63) is 42.1 Å². The maximum absolute atomic E-state index is 12.9. The van der Waals surface area contributed by atoms with Crippen molar-refractivity contribution in [2.45, 2.75) is 65.6 Å². The van der Waals surface area contributed by atoms with Gasteiger partial charge in [0.15, 0.2) is 11.5 Å². The first-order chi connectivity index (χ1) is 16.0. The Labute approximate surface area is 199 Å². The van der Waals surface area contributed by atoms with Crippen molar-refractivity contribution in [3.63, 3.8) is 0 Å². The molecule has 9 nitrogen and oxygen atoms in total. The number of aryl methyl sites for hydroxylation is 1. The first-order valence-corrected chi connectivity index (χ1v) is 11.4. The minimum atomic E-state index is -0.829. The van der Waals surface area contributed by atoms with E-state index in [1.54, 1.807) is 36.7 Å². The average Bonchev–Trinajstić information content (AvgIpc) is 3.37. The molecule has 3 rings (SSSR count). The first-order valence-electron chi connectivity index (χ1n) is 11.4. The van der Waals surface area contributed by atoms with Crippen molar-refractivity contribution >= 4 is 34.3 Å². The van der Waals surface area contributed by atoms with Crippen LogP contribution in [-0.4, -0.2) is 45.3 Å². The summed E-state index contributed by atoms with van der Waals surface area (Å²) in [5.41, 5.74) is 0.988. The smallest absolute Gasteiger partial charge is 0.356 e. The molecule has 1 atom stereocenters. The van der Waals surface area contributed by atoms with Gasteiger partial charge in [0.25, 0.3) is 5.91 Å². The van der Waals surface area contributed by atoms with Gasteiger partial charge < -0.3 is 29.5 Å². The molecule has 1 amide bonds. The summed E-state index contributed by atoms with van der Waals surface area (Å²) in [5.74, 6) is -0.527. The van der Waals surface area contributed by atoms with Crippen LogP contribution in [0.3, 0.4) is 0 Å². The topological polar surface area (TPSA) is 119 Å². The van der Waals surface area contributed by atoms with Crippen molar-refractivity contribution in [2.24, 2.45) is 5.92 Å². The third-order valence-corrected chi connectivity index (χ3v) is 5.41. The molecule has 3 aromatic rings. The van der Waals surface area contributed by atoms with E-state index in [9.17, 15) is 14.7 Å². The van der Waals surface area contributed by atoms with Crippen LogP contribution >= 0.6 is 0 Å². The maximum atomic E-state index is 12.9. The lowest BCUT2D eigenvalue weighted by Crippen LogP contribution is -2.29. The van der Waals surface area contributed by atoms with Crippen LogP contribution in [0.15, 0.2) is 35.1 Å². The van der Waals surface area contributed by atoms with E-state index >= 15 is 0 Å². The number of carbonyl (C=O) groups is 2. The van der Waals surface area contributed by atoms with E-state index in [-0.39, 0.29) is 17.5 Å². The van der Waals surface area contributed by atoms with Crippen LogP contribution in [0.1, 0.15) is 68.5 Å². The maximum Gasteiger partial charge on any atom is 0.356 e. The quantitative estimate of drug-likeness (QED) is 0.368. The molecule has 9 heteroatoms. The molecule has 34 heavy (non-hydrogen) atoms. The van der Waals surface area contributed by atoms with E-state index in [1.807, 2.05) is 13.0 Å². The molecule has 3 N–H and O–H groups in total. The molecule has 0 spiro atoms. The van der Waals surface area contributed by atoms with E-state index in [4.69, 9.17) is 9.15 Å². The SMILES string of the molecule is COC(=O)c1c(NC(=O)c2ccco2)c2cc(N[C@H](C)CC(C)(C)O)cnc2n1CCC(C)C. The summed E-state index contributed by atoms with van der Waals surface area (Å²) in [5, 5.41) is 16.9. The monoisotopic (exact) mass is 470 g/mol. The van der Waals surface area contributed by atoms with Gasteiger partial charge in [-0.05, 0) is 57.7 Å². The van der Waals surface area contributed by atoms with E-state index in [2.05, 4.69) is 29.5 Å². The van der Waals surface area contributed by atoms with Gasteiger partial charge in [0.2, 0.25) is 0 Å². The molecule has 3 aromatic heterocycles. The molecule has 0 saturated heterocycles. The van der Waals surface area contributed by atoms with Gasteiger partial charge in [-0.1, -0.05) is 13.8 Å². The lowest BCUT2D eigenvalue weighted by molar-refractivity contribution is 0.0589. The number of nitrogens with one attached hydrogen (secondary N) is 2. The molecule has 0 fully saturated rings. The highest BCUT2D eigenvalue weighted by Gasteiger charge is 2.27. The molecular formula is C25H34N4O5.